The van der Waals surface area contributed by atoms with Crippen LogP contribution in [0.4, 0.5) is 18.9 Å². The molecule has 1 saturated carbocycles. The van der Waals surface area contributed by atoms with E-state index in [1.165, 1.54) is 22.9 Å². The average molecular weight is 512 g/mol. The van der Waals surface area contributed by atoms with Gasteiger partial charge in [-0.3, -0.25) is 9.20 Å². The summed E-state index contributed by atoms with van der Waals surface area (Å²) in [6.45, 7) is 0.647. The lowest BCUT2D eigenvalue weighted by Gasteiger charge is -2.29. The van der Waals surface area contributed by atoms with Gasteiger partial charge in [0, 0.05) is 19.3 Å². The minimum Gasteiger partial charge on any atom is -0.359 e. The summed E-state index contributed by atoms with van der Waals surface area (Å²) in [5.74, 6) is -0.306. The first kappa shape index (κ1) is 22.5. The number of amides is 1. The monoisotopic (exact) mass is 512 g/mol. The van der Waals surface area contributed by atoms with E-state index in [4.69, 9.17) is 0 Å². The summed E-state index contributed by atoms with van der Waals surface area (Å²) in [5.41, 5.74) is -0.468. The fourth-order valence-corrected chi connectivity index (χ4v) is 5.66. The van der Waals surface area contributed by atoms with Gasteiger partial charge in [0.25, 0.3) is 0 Å². The van der Waals surface area contributed by atoms with Crippen molar-refractivity contribution in [2.45, 2.75) is 29.5 Å². The Morgan fingerprint density at radius 1 is 1.29 bits per heavy atom. The fourth-order valence-electron chi connectivity index (χ4n) is 3.56. The topological polar surface area (TPSA) is 145 Å². The maximum Gasteiger partial charge on any atom is 0.445 e. The van der Waals surface area contributed by atoms with Gasteiger partial charge in [-0.05, 0) is 18.9 Å². The summed E-state index contributed by atoms with van der Waals surface area (Å²) in [4.78, 5) is 17.5. The second-order valence-corrected chi connectivity index (χ2v) is 10.5. The maximum absolute atomic E-state index is 13.1. The molecule has 0 atom stereocenters. The van der Waals surface area contributed by atoms with Gasteiger partial charge in [-0.25, -0.2) is 13.4 Å². The van der Waals surface area contributed by atoms with E-state index in [0.29, 0.717) is 37.1 Å². The first-order valence-corrected chi connectivity index (χ1v) is 12.2. The van der Waals surface area contributed by atoms with Gasteiger partial charge >= 0.3 is 6.18 Å². The molecule has 1 saturated heterocycles. The Hall–Kier alpha value is -3.29. The molecule has 0 radical (unpaired) electrons. The second-order valence-electron chi connectivity index (χ2n) is 7.88. The van der Waals surface area contributed by atoms with E-state index in [-0.39, 0.29) is 39.5 Å². The third-order valence-corrected chi connectivity index (χ3v) is 7.90. The zero-order valence-corrected chi connectivity index (χ0v) is 18.8. The summed E-state index contributed by atoms with van der Waals surface area (Å²) >= 11 is 0.275. The highest BCUT2D eigenvalue weighted by Crippen LogP contribution is 2.38. The molecule has 0 aromatic carbocycles. The molecule has 16 heteroatoms. The lowest BCUT2D eigenvalue weighted by Crippen LogP contribution is -2.47. The Bertz CT molecular complexity index is 1450. The number of piperazine rings is 1. The van der Waals surface area contributed by atoms with Crippen molar-refractivity contribution in [3.05, 3.63) is 23.5 Å². The molecule has 5 rings (SSSR count). The number of pyridine rings is 1. The van der Waals surface area contributed by atoms with Crippen molar-refractivity contribution in [3.63, 3.8) is 0 Å². The normalized spacial score (nSPS) is 18.1. The molecule has 1 amide bonds. The Morgan fingerprint density at radius 3 is 2.68 bits per heavy atom. The van der Waals surface area contributed by atoms with Gasteiger partial charge in [0.15, 0.2) is 10.8 Å². The lowest BCUT2D eigenvalue weighted by molar-refractivity contribution is -0.138. The molecular formula is C18H15F3N8O3S2. The highest BCUT2D eigenvalue weighted by molar-refractivity contribution is 7.89. The largest absolute Gasteiger partial charge is 0.445 e. The Kier molecular flexibility index (Phi) is 5.04. The van der Waals surface area contributed by atoms with Crippen molar-refractivity contribution in [2.75, 3.05) is 24.5 Å². The number of alkyl halides is 3. The predicted octanol–water partition coefficient (Wildman–Crippen LogP) is 1.14. The third-order valence-electron chi connectivity index (χ3n) is 5.44. The number of nitrogens with one attached hydrogen (secondary N) is 2. The van der Waals surface area contributed by atoms with Crippen molar-refractivity contribution >= 4 is 38.5 Å². The first-order valence-electron chi connectivity index (χ1n) is 9.90. The Balaban J connectivity index is 1.67. The van der Waals surface area contributed by atoms with Crippen LogP contribution in [-0.4, -0.2) is 59.1 Å². The quantitative estimate of drug-likeness (QED) is 0.518. The molecule has 0 bridgehead atoms. The fraction of sp³-hybridized carbons (Fsp3) is 0.389. The van der Waals surface area contributed by atoms with E-state index < -0.39 is 26.7 Å². The number of carbonyl (C=O) groups excluding carboxylic acids is 1. The minimum atomic E-state index is -4.69. The van der Waals surface area contributed by atoms with Crippen LogP contribution in [-0.2, 0) is 21.0 Å². The number of nitrogens with zero attached hydrogens (tertiary/aromatic N) is 6. The van der Waals surface area contributed by atoms with Crippen molar-refractivity contribution in [3.8, 4) is 16.9 Å². The number of carbonyl (C=O) groups is 1. The molecular weight excluding hydrogens is 497 g/mol. The number of hydrogen-bond acceptors (Lipinski definition) is 9. The number of nitriles is 1. The highest BCUT2D eigenvalue weighted by Gasteiger charge is 2.47. The second kappa shape index (κ2) is 7.61. The number of sulfonamides is 1. The number of anilines is 1. The molecule has 2 N–H and O–H groups in total. The van der Waals surface area contributed by atoms with Gasteiger partial charge in [0.2, 0.25) is 20.9 Å². The maximum atomic E-state index is 13.1. The predicted molar refractivity (Wildman–Crippen MR) is 112 cm³/mol. The van der Waals surface area contributed by atoms with Crippen LogP contribution < -0.4 is 14.9 Å². The molecule has 178 valence electrons. The van der Waals surface area contributed by atoms with Gasteiger partial charge in [-0.1, -0.05) is 11.3 Å². The van der Waals surface area contributed by atoms with Gasteiger partial charge in [0.05, 0.1) is 30.0 Å². The van der Waals surface area contributed by atoms with Gasteiger partial charge in [-0.2, -0.15) is 23.2 Å². The van der Waals surface area contributed by atoms with Gasteiger partial charge < -0.3 is 10.2 Å². The molecule has 11 nitrogen and oxygen atoms in total. The van der Waals surface area contributed by atoms with Crippen LogP contribution in [0.2, 0.25) is 0 Å². The number of aromatic nitrogens is 4. The minimum absolute atomic E-state index is 0.0378. The molecule has 3 aromatic heterocycles. The van der Waals surface area contributed by atoms with Crippen molar-refractivity contribution in [1.29, 1.82) is 5.26 Å². The highest BCUT2D eigenvalue weighted by atomic mass is 32.2. The number of rotatable bonds is 5. The summed E-state index contributed by atoms with van der Waals surface area (Å²) in [6, 6.07) is 3.31. The van der Waals surface area contributed by atoms with Crippen molar-refractivity contribution < 1.29 is 26.4 Å². The van der Waals surface area contributed by atoms with Crippen molar-refractivity contribution in [2.24, 2.45) is 0 Å². The molecule has 2 fully saturated rings. The lowest BCUT2D eigenvalue weighted by atomic mass is 10.2. The summed E-state index contributed by atoms with van der Waals surface area (Å²) in [5, 5.41) is 17.4. The van der Waals surface area contributed by atoms with Crippen LogP contribution in [0, 0.1) is 11.3 Å². The van der Waals surface area contributed by atoms with E-state index in [9.17, 15) is 31.6 Å². The van der Waals surface area contributed by atoms with E-state index in [2.05, 4.69) is 25.2 Å². The molecule has 1 aliphatic heterocycles. The number of fused-ring (bicyclic) bond motifs is 1. The van der Waals surface area contributed by atoms with Crippen LogP contribution in [0.1, 0.15) is 17.8 Å². The molecule has 1 aliphatic carbocycles. The van der Waals surface area contributed by atoms with Crippen LogP contribution in [0.25, 0.3) is 16.3 Å². The molecule has 0 spiro atoms. The van der Waals surface area contributed by atoms with E-state index in [1.807, 2.05) is 6.07 Å². The SMILES string of the molecule is N#CC1(NS(=O)(=O)c2cc(N3CCNC(=O)C3)c3cnc(-c4nnc(C(F)(F)F)s4)n3c2)CC1. The molecule has 2 aliphatic rings. The zero-order valence-electron chi connectivity index (χ0n) is 17.1. The van der Waals surface area contributed by atoms with Crippen LogP contribution >= 0.6 is 11.3 Å². The average Bonchev–Trinajstić information content (AvgIpc) is 3.17. The number of imidazole rings is 1. The zero-order chi connectivity index (χ0) is 24.3. The molecule has 34 heavy (non-hydrogen) atoms. The van der Waals surface area contributed by atoms with E-state index in [1.54, 1.807) is 4.90 Å². The summed E-state index contributed by atoms with van der Waals surface area (Å²) < 4.78 is 69.1. The van der Waals surface area contributed by atoms with Crippen LogP contribution in [0.3, 0.4) is 0 Å². The number of halogens is 3. The van der Waals surface area contributed by atoms with Crippen LogP contribution in [0.15, 0.2) is 23.4 Å². The Labute approximate surface area is 194 Å². The molecule has 4 heterocycles. The third kappa shape index (κ3) is 3.95. The molecule has 3 aromatic rings. The summed E-state index contributed by atoms with van der Waals surface area (Å²) in [7, 11) is -4.19. The van der Waals surface area contributed by atoms with E-state index in [0.717, 1.165) is 0 Å². The number of hydrogen-bond donors (Lipinski definition) is 2. The standard InChI is InChI=1S/C18H15F3N8O3S2/c19-18(20,21)16-26-25-15(33-16)14-24-6-12-11(28-4-3-23-13(30)8-28)5-10(7-29(12)14)34(31,32)27-17(9-22)1-2-17/h5-7,27H,1-4,8H2,(H,23,30). The Morgan fingerprint density at radius 2 is 2.06 bits per heavy atom. The van der Waals surface area contributed by atoms with Crippen LogP contribution in [0.5, 0.6) is 0 Å². The van der Waals surface area contributed by atoms with E-state index >= 15 is 0 Å². The van der Waals surface area contributed by atoms with Gasteiger partial charge in [0.1, 0.15) is 10.4 Å². The molecule has 0 unspecified atom stereocenters. The first-order chi connectivity index (χ1) is 16.0. The summed E-state index contributed by atoms with van der Waals surface area (Å²) in [6.07, 6.45) is -1.39. The van der Waals surface area contributed by atoms with Gasteiger partial charge in [-0.15, -0.1) is 10.2 Å². The smallest absolute Gasteiger partial charge is 0.359 e. The van der Waals surface area contributed by atoms with Crippen molar-refractivity contribution in [1.82, 2.24) is 29.6 Å².